The van der Waals surface area contributed by atoms with Crippen LogP contribution in [0.2, 0.25) is 19.6 Å². The maximum Gasteiger partial charge on any atom is 1.00 e. The van der Waals surface area contributed by atoms with Crippen molar-refractivity contribution in [3.05, 3.63) is 28.8 Å². The summed E-state index contributed by atoms with van der Waals surface area (Å²) in [5.74, 6) is 0. The van der Waals surface area contributed by atoms with E-state index in [4.69, 9.17) is 0 Å². The summed E-state index contributed by atoms with van der Waals surface area (Å²) in [5.41, 5.74) is 5.14. The van der Waals surface area contributed by atoms with Gasteiger partial charge in [0.1, 0.15) is 0 Å². The molecule has 1 aromatic carbocycles. The van der Waals surface area contributed by atoms with E-state index in [1.807, 2.05) is 0 Å². The standard InChI is InChI=1S/C21H38PSi.Li/c1-19(2,3)15-13-16(20(4,5)6)18(22-23(10,11)12)17(14-15)21(7,8)9;/h13-14H,1-12H3;/q-1;+1. The first kappa shape index (κ1) is 24.5. The van der Waals surface area contributed by atoms with E-state index in [-0.39, 0.29) is 35.1 Å². The van der Waals surface area contributed by atoms with E-state index in [1.165, 1.54) is 5.56 Å². The summed E-state index contributed by atoms with van der Waals surface area (Å²) >= 11 is 0. The molecule has 0 N–H and O–H groups in total. The summed E-state index contributed by atoms with van der Waals surface area (Å²) in [6.07, 6.45) is 0. The Labute approximate surface area is 166 Å². The van der Waals surface area contributed by atoms with Crippen LogP contribution in [0.4, 0.5) is 0 Å². The second-order valence-corrected chi connectivity index (χ2v) is 20.7. The van der Waals surface area contributed by atoms with Crippen LogP contribution in [-0.2, 0) is 16.2 Å². The molecular formula is C21H38LiPSi. The van der Waals surface area contributed by atoms with Crippen LogP contribution in [0, 0.1) is 0 Å². The van der Waals surface area contributed by atoms with Gasteiger partial charge in [0.05, 0.1) is 0 Å². The van der Waals surface area contributed by atoms with Crippen LogP contribution in [0.3, 0.4) is 0 Å². The molecule has 0 fully saturated rings. The van der Waals surface area contributed by atoms with Gasteiger partial charge in [-0.3, -0.25) is 0 Å². The van der Waals surface area contributed by atoms with Crippen LogP contribution in [0.15, 0.2) is 12.1 Å². The number of rotatable bonds is 2. The van der Waals surface area contributed by atoms with Crippen LogP contribution in [0.25, 0.3) is 0 Å². The van der Waals surface area contributed by atoms with Gasteiger partial charge in [0, 0.05) is 0 Å². The van der Waals surface area contributed by atoms with Crippen molar-refractivity contribution < 1.29 is 18.9 Å². The molecule has 0 heterocycles. The van der Waals surface area contributed by atoms with E-state index < -0.39 is 7.74 Å². The second-order valence-electron chi connectivity index (χ2n) is 11.0. The molecule has 132 valence electrons. The quantitative estimate of drug-likeness (QED) is 0.555. The summed E-state index contributed by atoms with van der Waals surface area (Å²) in [4.78, 5) is 0. The van der Waals surface area contributed by atoms with Gasteiger partial charge in [-0.05, 0) is 21.8 Å². The van der Waals surface area contributed by atoms with Gasteiger partial charge in [0.15, 0.2) is 0 Å². The van der Waals surface area contributed by atoms with Crippen LogP contribution in [-0.4, -0.2) is 7.74 Å². The molecule has 0 bridgehead atoms. The fourth-order valence-corrected chi connectivity index (χ4v) is 7.11. The topological polar surface area (TPSA) is 0 Å². The van der Waals surface area contributed by atoms with Crippen molar-refractivity contribution in [1.82, 2.24) is 0 Å². The Bertz CT molecular complexity index is 528. The molecule has 0 saturated heterocycles. The van der Waals surface area contributed by atoms with E-state index in [1.54, 1.807) is 24.6 Å². The Morgan fingerprint density at radius 2 is 1.00 bits per heavy atom. The normalized spacial score (nSPS) is 14.2. The summed E-state index contributed by atoms with van der Waals surface area (Å²) in [6, 6.07) is 5.00. The number of hydrogen-bond acceptors (Lipinski definition) is 0. The van der Waals surface area contributed by atoms with Gasteiger partial charge in [-0.1, -0.05) is 105 Å². The zero-order chi connectivity index (χ0) is 18.4. The molecule has 0 nitrogen and oxygen atoms in total. The first-order chi connectivity index (χ1) is 9.93. The summed E-state index contributed by atoms with van der Waals surface area (Å²) in [6.45, 7) is 28.6. The molecule has 0 saturated carbocycles. The third-order valence-corrected chi connectivity index (χ3v) is 8.10. The van der Waals surface area contributed by atoms with E-state index in [9.17, 15) is 0 Å². The summed E-state index contributed by atoms with van der Waals surface area (Å²) in [7, 11) is 0.362. The third-order valence-electron chi connectivity index (χ3n) is 4.04. The molecule has 0 amide bonds. The zero-order valence-electron chi connectivity index (χ0n) is 18.6. The number of hydrogen-bond donors (Lipinski definition) is 0. The van der Waals surface area contributed by atoms with Crippen molar-refractivity contribution in [2.45, 2.75) is 98.2 Å². The molecule has 0 aromatic heterocycles. The fourth-order valence-electron chi connectivity index (χ4n) is 2.67. The summed E-state index contributed by atoms with van der Waals surface area (Å²) < 4.78 is 0. The Morgan fingerprint density at radius 3 is 1.21 bits per heavy atom. The Kier molecular flexibility index (Phi) is 7.75. The summed E-state index contributed by atoms with van der Waals surface area (Å²) in [5, 5.41) is 1.61. The molecule has 3 heteroatoms. The van der Waals surface area contributed by atoms with Gasteiger partial charge in [-0.25, -0.2) is 0 Å². The molecule has 0 aliphatic heterocycles. The average Bonchev–Trinajstić information content (AvgIpc) is 2.21. The smallest absolute Gasteiger partial charge is 0.507 e. The average molecular weight is 357 g/mol. The van der Waals surface area contributed by atoms with Crippen molar-refractivity contribution in [2.75, 3.05) is 0 Å². The van der Waals surface area contributed by atoms with Gasteiger partial charge >= 0.3 is 18.9 Å². The first-order valence-corrected chi connectivity index (χ1v) is 14.1. The molecule has 1 aromatic rings. The van der Waals surface area contributed by atoms with Crippen LogP contribution >= 0.6 is 8.13 Å². The molecule has 0 atom stereocenters. The van der Waals surface area contributed by atoms with Gasteiger partial charge in [-0.2, -0.15) is 5.30 Å². The molecule has 0 aliphatic carbocycles. The maximum atomic E-state index is 2.50. The predicted molar refractivity (Wildman–Crippen MR) is 112 cm³/mol. The molecule has 0 aliphatic rings. The molecule has 1 rings (SSSR count). The minimum atomic E-state index is -1.21. The van der Waals surface area contributed by atoms with Gasteiger partial charge in [0.25, 0.3) is 0 Å². The third kappa shape index (κ3) is 6.65. The van der Waals surface area contributed by atoms with Crippen LogP contribution in [0.5, 0.6) is 0 Å². The minimum absolute atomic E-state index is 0. The first-order valence-electron chi connectivity index (χ1n) is 8.85. The van der Waals surface area contributed by atoms with Crippen molar-refractivity contribution in [1.29, 1.82) is 0 Å². The van der Waals surface area contributed by atoms with E-state index in [0.29, 0.717) is 0 Å². The largest absolute Gasteiger partial charge is 1.00 e. The van der Waals surface area contributed by atoms with Gasteiger partial charge in [-0.15, -0.1) is 7.74 Å². The Hall–Kier alpha value is 0.464. The molecule has 24 heavy (non-hydrogen) atoms. The van der Waals surface area contributed by atoms with Gasteiger partial charge in [0.2, 0.25) is 0 Å². The molecule has 0 unspecified atom stereocenters. The van der Waals surface area contributed by atoms with Crippen LogP contribution < -0.4 is 24.2 Å². The second kappa shape index (κ2) is 7.60. The van der Waals surface area contributed by atoms with Gasteiger partial charge < -0.3 is 8.13 Å². The van der Waals surface area contributed by atoms with Crippen molar-refractivity contribution in [3.8, 4) is 0 Å². The van der Waals surface area contributed by atoms with E-state index >= 15 is 0 Å². The molecule has 0 radical (unpaired) electrons. The minimum Gasteiger partial charge on any atom is -0.507 e. The monoisotopic (exact) mass is 356 g/mol. The van der Waals surface area contributed by atoms with E-state index in [0.717, 1.165) is 0 Å². The number of benzene rings is 1. The van der Waals surface area contributed by atoms with Crippen molar-refractivity contribution in [2.24, 2.45) is 0 Å². The fraction of sp³-hybridized carbons (Fsp3) is 0.714. The van der Waals surface area contributed by atoms with E-state index in [2.05, 4.69) is 94.1 Å². The SMILES string of the molecule is CC(C)(C)c1cc(C(C)(C)C)c([P-][Si](C)(C)C)c(C(C)(C)C)c1.[Li+]. The molecular weight excluding hydrogens is 318 g/mol. The predicted octanol–water partition coefficient (Wildman–Crippen LogP) is 3.99. The van der Waals surface area contributed by atoms with Crippen molar-refractivity contribution in [3.63, 3.8) is 0 Å². The molecule has 0 spiro atoms. The zero-order valence-corrected chi connectivity index (χ0v) is 20.5. The maximum absolute atomic E-state index is 2.50. The van der Waals surface area contributed by atoms with Crippen molar-refractivity contribution >= 4 is 21.2 Å². The van der Waals surface area contributed by atoms with Crippen LogP contribution in [0.1, 0.15) is 79.0 Å². The Balaban J connectivity index is 0.00000529. The Morgan fingerprint density at radius 1 is 0.667 bits per heavy atom.